The third-order valence-corrected chi connectivity index (χ3v) is 6.25. The molecule has 3 aromatic carbocycles. The van der Waals surface area contributed by atoms with Crippen molar-refractivity contribution in [3.63, 3.8) is 0 Å². The molecule has 0 radical (unpaired) electrons. The first-order valence-corrected chi connectivity index (χ1v) is 10.6. The Morgan fingerprint density at radius 3 is 2.18 bits per heavy atom. The van der Waals surface area contributed by atoms with Gasteiger partial charge in [0.05, 0.1) is 4.90 Å². The van der Waals surface area contributed by atoms with E-state index < -0.39 is 10.0 Å². The van der Waals surface area contributed by atoms with Crippen molar-refractivity contribution in [1.82, 2.24) is 4.90 Å². The van der Waals surface area contributed by atoms with Gasteiger partial charge in [-0.1, -0.05) is 42.5 Å². The van der Waals surface area contributed by atoms with E-state index in [1.165, 1.54) is 17.7 Å². The Balaban J connectivity index is 1.49. The van der Waals surface area contributed by atoms with E-state index in [0.717, 1.165) is 12.0 Å². The molecule has 1 aliphatic rings. The number of nitrogens with zero attached hydrogens (tertiary/aromatic N) is 1. The second-order valence-corrected chi connectivity index (χ2v) is 8.42. The van der Waals surface area contributed by atoms with Crippen molar-refractivity contribution in [1.29, 1.82) is 0 Å². The molecule has 1 aliphatic heterocycles. The number of carbonyl (C=O) groups excluding carboxylic acids is 1. The number of fused-ring (bicyclic) bond motifs is 1. The van der Waals surface area contributed by atoms with Crippen LogP contribution in [0, 0.1) is 0 Å². The zero-order valence-corrected chi connectivity index (χ0v) is 16.0. The number of sulfonamides is 1. The number of hydrogen-bond donors (Lipinski definition) is 1. The van der Waals surface area contributed by atoms with E-state index in [-0.39, 0.29) is 10.8 Å². The Kier molecular flexibility index (Phi) is 4.88. The predicted molar refractivity (Wildman–Crippen MR) is 109 cm³/mol. The predicted octanol–water partition coefficient (Wildman–Crippen LogP) is 3.69. The number of nitrogens with one attached hydrogen (secondary N) is 1. The van der Waals surface area contributed by atoms with Crippen LogP contribution in [0.3, 0.4) is 0 Å². The summed E-state index contributed by atoms with van der Waals surface area (Å²) in [5.41, 5.74) is 3.42. The number of rotatable bonds is 4. The van der Waals surface area contributed by atoms with Gasteiger partial charge in [-0.3, -0.25) is 9.52 Å². The highest BCUT2D eigenvalue weighted by Crippen LogP contribution is 2.21. The molecule has 0 unspecified atom stereocenters. The standard InChI is InChI=1S/C22H20N2O3S/c25-22(24-15-14-17-6-4-5-7-19(17)16-24)18-10-12-21(13-11-18)28(26,27)23-20-8-2-1-3-9-20/h1-13,23H,14-16H2. The average molecular weight is 392 g/mol. The van der Waals surface area contributed by atoms with Crippen molar-refractivity contribution in [2.24, 2.45) is 0 Å². The number of benzene rings is 3. The minimum atomic E-state index is -3.70. The van der Waals surface area contributed by atoms with Crippen LogP contribution >= 0.6 is 0 Å². The first-order chi connectivity index (χ1) is 13.5. The smallest absolute Gasteiger partial charge is 0.261 e. The molecular formula is C22H20N2O3S. The molecule has 0 aliphatic carbocycles. The van der Waals surface area contributed by atoms with Gasteiger partial charge in [0.2, 0.25) is 0 Å². The molecular weight excluding hydrogens is 372 g/mol. The Bertz CT molecular complexity index is 1090. The van der Waals surface area contributed by atoms with Gasteiger partial charge >= 0.3 is 0 Å². The van der Waals surface area contributed by atoms with E-state index in [9.17, 15) is 13.2 Å². The van der Waals surface area contributed by atoms with Crippen molar-refractivity contribution in [3.8, 4) is 0 Å². The van der Waals surface area contributed by atoms with Crippen LogP contribution in [0.1, 0.15) is 21.5 Å². The number of para-hydroxylation sites is 1. The Hall–Kier alpha value is -3.12. The lowest BCUT2D eigenvalue weighted by Crippen LogP contribution is -2.35. The molecule has 0 aromatic heterocycles. The van der Waals surface area contributed by atoms with Gasteiger partial charge in [0.25, 0.3) is 15.9 Å². The molecule has 0 fully saturated rings. The molecule has 5 nitrogen and oxygen atoms in total. The molecule has 0 atom stereocenters. The molecule has 28 heavy (non-hydrogen) atoms. The van der Waals surface area contributed by atoms with E-state index in [2.05, 4.69) is 10.8 Å². The van der Waals surface area contributed by atoms with Gasteiger partial charge in [-0.15, -0.1) is 0 Å². The fourth-order valence-electron chi connectivity index (χ4n) is 3.35. The van der Waals surface area contributed by atoms with Crippen LogP contribution in [0.15, 0.2) is 83.8 Å². The molecule has 1 heterocycles. The van der Waals surface area contributed by atoms with E-state index in [0.29, 0.717) is 24.3 Å². The normalized spacial score (nSPS) is 13.6. The number of carbonyl (C=O) groups is 1. The molecule has 0 saturated carbocycles. The van der Waals surface area contributed by atoms with Gasteiger partial charge in [-0.25, -0.2) is 8.42 Å². The number of amides is 1. The third-order valence-electron chi connectivity index (χ3n) is 4.86. The Morgan fingerprint density at radius 2 is 1.46 bits per heavy atom. The summed E-state index contributed by atoms with van der Waals surface area (Å²) in [7, 11) is -3.70. The first-order valence-electron chi connectivity index (χ1n) is 9.07. The lowest BCUT2D eigenvalue weighted by molar-refractivity contribution is 0.0734. The highest BCUT2D eigenvalue weighted by molar-refractivity contribution is 7.92. The molecule has 0 saturated heterocycles. The summed E-state index contributed by atoms with van der Waals surface area (Å²) in [6.45, 7) is 1.23. The summed E-state index contributed by atoms with van der Waals surface area (Å²) < 4.78 is 27.6. The zero-order chi connectivity index (χ0) is 19.6. The van der Waals surface area contributed by atoms with Crippen LogP contribution in [0.2, 0.25) is 0 Å². The average Bonchev–Trinajstić information content (AvgIpc) is 2.73. The van der Waals surface area contributed by atoms with Crippen LogP contribution in [0.5, 0.6) is 0 Å². The second-order valence-electron chi connectivity index (χ2n) is 6.74. The van der Waals surface area contributed by atoms with Crippen LogP contribution in [0.25, 0.3) is 0 Å². The first kappa shape index (κ1) is 18.3. The summed E-state index contributed by atoms with van der Waals surface area (Å²) in [4.78, 5) is 14.7. The van der Waals surface area contributed by atoms with E-state index >= 15 is 0 Å². The lowest BCUT2D eigenvalue weighted by Gasteiger charge is -2.29. The Labute approximate surface area is 164 Å². The van der Waals surface area contributed by atoms with Crippen LogP contribution in [-0.4, -0.2) is 25.8 Å². The van der Waals surface area contributed by atoms with Crippen LogP contribution in [-0.2, 0) is 23.0 Å². The summed E-state index contributed by atoms with van der Waals surface area (Å²) in [5.74, 6) is -0.0885. The Morgan fingerprint density at radius 1 is 0.821 bits per heavy atom. The largest absolute Gasteiger partial charge is 0.334 e. The van der Waals surface area contributed by atoms with Gasteiger partial charge in [-0.05, 0) is 53.9 Å². The monoisotopic (exact) mass is 392 g/mol. The fraction of sp³-hybridized carbons (Fsp3) is 0.136. The number of anilines is 1. The highest BCUT2D eigenvalue weighted by atomic mass is 32.2. The van der Waals surface area contributed by atoms with E-state index in [1.54, 1.807) is 41.3 Å². The minimum Gasteiger partial charge on any atom is -0.334 e. The second kappa shape index (κ2) is 7.48. The maximum atomic E-state index is 12.8. The van der Waals surface area contributed by atoms with Gasteiger partial charge in [0.1, 0.15) is 0 Å². The minimum absolute atomic E-state index is 0.0885. The molecule has 1 amide bonds. The van der Waals surface area contributed by atoms with E-state index in [4.69, 9.17) is 0 Å². The van der Waals surface area contributed by atoms with Crippen LogP contribution < -0.4 is 4.72 Å². The SMILES string of the molecule is O=C(c1ccc(S(=O)(=O)Nc2ccccc2)cc1)N1CCc2ccccc2C1. The molecule has 4 rings (SSSR count). The van der Waals surface area contributed by atoms with E-state index in [1.807, 2.05) is 24.3 Å². The van der Waals surface area contributed by atoms with Crippen molar-refractivity contribution in [2.75, 3.05) is 11.3 Å². The van der Waals surface area contributed by atoms with Crippen molar-refractivity contribution in [3.05, 3.63) is 95.6 Å². The summed E-state index contributed by atoms with van der Waals surface area (Å²) in [5, 5.41) is 0. The molecule has 0 bridgehead atoms. The lowest BCUT2D eigenvalue weighted by atomic mass is 9.99. The van der Waals surface area contributed by atoms with Crippen molar-refractivity contribution >= 4 is 21.6 Å². The quantitative estimate of drug-likeness (QED) is 0.736. The molecule has 3 aromatic rings. The third kappa shape index (κ3) is 3.77. The van der Waals surface area contributed by atoms with Gasteiger partial charge < -0.3 is 4.90 Å². The van der Waals surface area contributed by atoms with Crippen molar-refractivity contribution < 1.29 is 13.2 Å². The highest BCUT2D eigenvalue weighted by Gasteiger charge is 2.22. The van der Waals surface area contributed by atoms with Crippen LogP contribution in [0.4, 0.5) is 5.69 Å². The summed E-state index contributed by atoms with van der Waals surface area (Å²) in [6.07, 6.45) is 0.829. The van der Waals surface area contributed by atoms with Gasteiger partial charge in [0.15, 0.2) is 0 Å². The topological polar surface area (TPSA) is 66.5 Å². The van der Waals surface area contributed by atoms with Gasteiger partial charge in [0, 0.05) is 24.3 Å². The fourth-order valence-corrected chi connectivity index (χ4v) is 4.41. The summed E-state index contributed by atoms with van der Waals surface area (Å²) in [6, 6.07) is 22.9. The summed E-state index contributed by atoms with van der Waals surface area (Å²) >= 11 is 0. The van der Waals surface area contributed by atoms with Crippen molar-refractivity contribution in [2.45, 2.75) is 17.9 Å². The maximum Gasteiger partial charge on any atom is 0.261 e. The maximum absolute atomic E-state index is 12.8. The zero-order valence-electron chi connectivity index (χ0n) is 15.2. The molecule has 0 spiro atoms. The van der Waals surface area contributed by atoms with Gasteiger partial charge in [-0.2, -0.15) is 0 Å². The molecule has 142 valence electrons. The molecule has 6 heteroatoms. The molecule has 1 N–H and O–H groups in total. The number of hydrogen-bond acceptors (Lipinski definition) is 3.